The molecule has 0 aliphatic carbocycles. The number of pyridine rings is 1. The molecule has 0 aromatic carbocycles. The van der Waals surface area contributed by atoms with Crippen molar-refractivity contribution in [3.8, 4) is 0 Å². The van der Waals surface area contributed by atoms with Gasteiger partial charge in [-0.1, -0.05) is 0 Å². The van der Waals surface area contributed by atoms with Crippen molar-refractivity contribution in [1.29, 1.82) is 0 Å². The summed E-state index contributed by atoms with van der Waals surface area (Å²) in [5.74, 6) is 1.18. The van der Waals surface area contributed by atoms with E-state index in [0.717, 1.165) is 24.3 Å². The monoisotopic (exact) mass is 295 g/mol. The highest BCUT2D eigenvalue weighted by Crippen LogP contribution is 2.17. The van der Waals surface area contributed by atoms with Crippen LogP contribution in [0.5, 0.6) is 0 Å². The Balaban J connectivity index is 1.82. The number of aromatic nitrogens is 1. The first-order valence-electron chi connectivity index (χ1n) is 6.45. The molecule has 2 heterocycles. The standard InChI is InChI=1S/C13H17N3O3S/c17-12(18)6-9-3-4-10(7-14-9)15-13(19)16-11-2-1-5-20-8-11/h3-4,7,11H,1-2,5-6,8H2,(H,17,18)(H2,15,16,19). The molecule has 1 atom stereocenters. The molecule has 0 radical (unpaired) electrons. The predicted molar refractivity (Wildman–Crippen MR) is 78.1 cm³/mol. The van der Waals surface area contributed by atoms with Gasteiger partial charge in [0.15, 0.2) is 0 Å². The summed E-state index contributed by atoms with van der Waals surface area (Å²) in [4.78, 5) is 26.3. The highest BCUT2D eigenvalue weighted by molar-refractivity contribution is 7.99. The number of nitrogens with one attached hydrogen (secondary N) is 2. The van der Waals surface area contributed by atoms with Crippen LogP contribution in [0.25, 0.3) is 0 Å². The maximum Gasteiger partial charge on any atom is 0.319 e. The van der Waals surface area contributed by atoms with Gasteiger partial charge in [-0.15, -0.1) is 0 Å². The number of thioether (sulfide) groups is 1. The van der Waals surface area contributed by atoms with Crippen LogP contribution in [0.2, 0.25) is 0 Å². The molecular weight excluding hydrogens is 278 g/mol. The topological polar surface area (TPSA) is 91.3 Å². The summed E-state index contributed by atoms with van der Waals surface area (Å²) in [6, 6.07) is 3.22. The Morgan fingerprint density at radius 1 is 1.45 bits per heavy atom. The molecule has 2 amide bonds. The van der Waals surface area contributed by atoms with Crippen LogP contribution >= 0.6 is 11.8 Å². The van der Waals surface area contributed by atoms with Gasteiger partial charge >= 0.3 is 12.0 Å². The van der Waals surface area contributed by atoms with Gasteiger partial charge in [0, 0.05) is 11.8 Å². The Morgan fingerprint density at radius 3 is 2.90 bits per heavy atom. The minimum atomic E-state index is -0.925. The maximum atomic E-state index is 11.8. The Labute approximate surface area is 121 Å². The van der Waals surface area contributed by atoms with E-state index in [1.165, 1.54) is 6.20 Å². The third-order valence-electron chi connectivity index (χ3n) is 2.91. The van der Waals surface area contributed by atoms with Crippen LogP contribution in [0, 0.1) is 0 Å². The SMILES string of the molecule is O=C(O)Cc1ccc(NC(=O)NC2CCCSC2)cn1. The van der Waals surface area contributed by atoms with Crippen LogP contribution in [0.15, 0.2) is 18.3 Å². The van der Waals surface area contributed by atoms with Gasteiger partial charge in [-0.25, -0.2) is 4.79 Å². The molecule has 0 spiro atoms. The lowest BCUT2D eigenvalue weighted by atomic mass is 10.2. The first-order valence-corrected chi connectivity index (χ1v) is 7.61. The highest BCUT2D eigenvalue weighted by Gasteiger charge is 2.15. The van der Waals surface area contributed by atoms with Crippen molar-refractivity contribution >= 4 is 29.4 Å². The molecule has 1 aromatic heterocycles. The number of nitrogens with zero attached hydrogens (tertiary/aromatic N) is 1. The molecule has 1 saturated heterocycles. The van der Waals surface area contributed by atoms with Gasteiger partial charge in [-0.05, 0) is 30.7 Å². The molecule has 3 N–H and O–H groups in total. The third kappa shape index (κ3) is 4.73. The summed E-state index contributed by atoms with van der Waals surface area (Å²) in [6.07, 6.45) is 3.48. The molecule has 1 unspecified atom stereocenters. The van der Waals surface area contributed by atoms with Crippen molar-refractivity contribution in [2.24, 2.45) is 0 Å². The predicted octanol–water partition coefficient (Wildman–Crippen LogP) is 1.73. The summed E-state index contributed by atoms with van der Waals surface area (Å²) in [5.41, 5.74) is 1.02. The van der Waals surface area contributed by atoms with Crippen LogP contribution in [0.4, 0.5) is 10.5 Å². The number of carboxylic acid groups (broad SMARTS) is 1. The highest BCUT2D eigenvalue weighted by atomic mass is 32.2. The van der Waals surface area contributed by atoms with E-state index < -0.39 is 5.97 Å². The zero-order chi connectivity index (χ0) is 14.4. The summed E-state index contributed by atoms with van der Waals surface area (Å²) >= 11 is 1.85. The number of anilines is 1. The second kappa shape index (κ2) is 7.14. The van der Waals surface area contributed by atoms with Crippen molar-refractivity contribution in [3.63, 3.8) is 0 Å². The molecule has 1 aliphatic rings. The fourth-order valence-electron chi connectivity index (χ4n) is 1.97. The number of hydrogen-bond acceptors (Lipinski definition) is 4. The molecule has 7 heteroatoms. The number of urea groups is 1. The van der Waals surface area contributed by atoms with Crippen LogP contribution in [0.1, 0.15) is 18.5 Å². The Hall–Kier alpha value is -1.76. The Morgan fingerprint density at radius 2 is 2.30 bits per heavy atom. The molecule has 1 aliphatic heterocycles. The summed E-state index contributed by atoms with van der Waals surface area (Å²) in [6.45, 7) is 0. The van der Waals surface area contributed by atoms with Gasteiger partial charge < -0.3 is 15.7 Å². The van der Waals surface area contributed by atoms with Gasteiger partial charge in [-0.2, -0.15) is 11.8 Å². The van der Waals surface area contributed by atoms with E-state index in [0.29, 0.717) is 11.4 Å². The van der Waals surface area contributed by atoms with Gasteiger partial charge in [0.05, 0.1) is 24.0 Å². The smallest absolute Gasteiger partial charge is 0.319 e. The van der Waals surface area contributed by atoms with E-state index in [2.05, 4.69) is 15.6 Å². The molecule has 1 aromatic rings. The van der Waals surface area contributed by atoms with E-state index >= 15 is 0 Å². The minimum Gasteiger partial charge on any atom is -0.481 e. The molecule has 20 heavy (non-hydrogen) atoms. The van der Waals surface area contributed by atoms with E-state index in [4.69, 9.17) is 5.11 Å². The van der Waals surface area contributed by atoms with Gasteiger partial charge in [0.25, 0.3) is 0 Å². The van der Waals surface area contributed by atoms with Crippen molar-refractivity contribution in [3.05, 3.63) is 24.0 Å². The molecule has 0 saturated carbocycles. The molecular formula is C13H17N3O3S. The van der Waals surface area contributed by atoms with E-state index in [9.17, 15) is 9.59 Å². The summed E-state index contributed by atoms with van der Waals surface area (Å²) in [7, 11) is 0. The van der Waals surface area contributed by atoms with Crippen molar-refractivity contribution in [2.75, 3.05) is 16.8 Å². The average molecular weight is 295 g/mol. The Kier molecular flexibility index (Phi) is 5.23. The summed E-state index contributed by atoms with van der Waals surface area (Å²) < 4.78 is 0. The van der Waals surface area contributed by atoms with E-state index in [1.807, 2.05) is 11.8 Å². The van der Waals surface area contributed by atoms with Crippen molar-refractivity contribution in [1.82, 2.24) is 10.3 Å². The van der Waals surface area contributed by atoms with E-state index in [-0.39, 0.29) is 18.5 Å². The number of carbonyl (C=O) groups is 2. The number of carbonyl (C=O) groups excluding carboxylic acids is 1. The number of hydrogen-bond donors (Lipinski definition) is 3. The molecule has 0 bridgehead atoms. The third-order valence-corrected chi connectivity index (χ3v) is 4.13. The second-order valence-electron chi connectivity index (χ2n) is 4.62. The maximum absolute atomic E-state index is 11.8. The Bertz CT molecular complexity index is 472. The molecule has 6 nitrogen and oxygen atoms in total. The van der Waals surface area contributed by atoms with Crippen LogP contribution < -0.4 is 10.6 Å². The fraction of sp³-hybridized carbons (Fsp3) is 0.462. The first-order chi connectivity index (χ1) is 9.63. The zero-order valence-electron chi connectivity index (χ0n) is 11.0. The molecule has 2 rings (SSSR count). The van der Waals surface area contributed by atoms with Gasteiger partial charge in [-0.3, -0.25) is 9.78 Å². The second-order valence-corrected chi connectivity index (χ2v) is 5.77. The quantitative estimate of drug-likeness (QED) is 0.787. The van der Waals surface area contributed by atoms with Gasteiger partial charge in [0.2, 0.25) is 0 Å². The lowest BCUT2D eigenvalue weighted by Crippen LogP contribution is -2.40. The number of rotatable bonds is 4. The van der Waals surface area contributed by atoms with Gasteiger partial charge in [0.1, 0.15) is 0 Å². The minimum absolute atomic E-state index is 0.119. The number of aliphatic carboxylic acids is 1. The number of amides is 2. The lowest BCUT2D eigenvalue weighted by molar-refractivity contribution is -0.136. The van der Waals surface area contributed by atoms with Crippen molar-refractivity contribution < 1.29 is 14.7 Å². The normalized spacial score (nSPS) is 18.3. The first kappa shape index (κ1) is 14.6. The fourth-order valence-corrected chi connectivity index (χ4v) is 3.04. The molecule has 1 fully saturated rings. The van der Waals surface area contributed by atoms with Crippen molar-refractivity contribution in [2.45, 2.75) is 25.3 Å². The van der Waals surface area contributed by atoms with E-state index in [1.54, 1.807) is 12.1 Å². The van der Waals surface area contributed by atoms with Crippen LogP contribution in [-0.4, -0.2) is 39.6 Å². The van der Waals surface area contributed by atoms with Crippen LogP contribution in [0.3, 0.4) is 0 Å². The summed E-state index contributed by atoms with van der Waals surface area (Å²) in [5, 5.41) is 14.3. The van der Waals surface area contributed by atoms with Crippen LogP contribution in [-0.2, 0) is 11.2 Å². The largest absolute Gasteiger partial charge is 0.481 e. The average Bonchev–Trinajstić information content (AvgIpc) is 2.41. The molecule has 108 valence electrons. The number of carboxylic acids is 1. The lowest BCUT2D eigenvalue weighted by Gasteiger charge is -2.22. The zero-order valence-corrected chi connectivity index (χ0v) is 11.8.